The van der Waals surface area contributed by atoms with E-state index in [1.807, 2.05) is 22.7 Å². The molecule has 10 aromatic carbocycles. The van der Waals surface area contributed by atoms with Gasteiger partial charge in [-0.25, -0.2) is 0 Å². The van der Waals surface area contributed by atoms with Crippen molar-refractivity contribution in [2.75, 3.05) is 0 Å². The Labute approximate surface area is 403 Å². The summed E-state index contributed by atoms with van der Waals surface area (Å²) in [4.78, 5) is 0. The molecule has 70 heavy (non-hydrogen) atoms. The average molecular weight is 925 g/mol. The Morgan fingerprint density at radius 3 is 1.59 bits per heavy atom. The Balaban J connectivity index is 0.997. The molecule has 4 nitrogen and oxygen atoms in total. The van der Waals surface area contributed by atoms with Crippen LogP contribution >= 0.6 is 22.7 Å². The molecule has 0 spiro atoms. The van der Waals surface area contributed by atoms with E-state index in [4.69, 9.17) is 8.83 Å². The lowest BCUT2D eigenvalue weighted by molar-refractivity contribution is 0.669. The highest BCUT2D eigenvalue weighted by Crippen LogP contribution is 2.49. The summed E-state index contributed by atoms with van der Waals surface area (Å²) in [6.45, 7) is 0. The van der Waals surface area contributed by atoms with Crippen LogP contribution in [0.4, 0.5) is 0 Å². The first kappa shape index (κ1) is 36.4. The van der Waals surface area contributed by atoms with Gasteiger partial charge in [0.15, 0.2) is 0 Å². The topological polar surface area (TPSA) is 35.1 Å². The summed E-state index contributed by atoms with van der Waals surface area (Å²) in [5.41, 5.74) is 10.5. The molecule has 0 aliphatic carbocycles. The molecule has 18 aromatic rings. The number of aromatic nitrogens is 2. The minimum absolute atomic E-state index is 0.883. The Bertz CT molecular complexity index is 5440. The number of rotatable bonds is 1. The molecule has 0 saturated heterocycles. The van der Waals surface area contributed by atoms with E-state index >= 15 is 0 Å². The summed E-state index contributed by atoms with van der Waals surface area (Å²) in [6.07, 6.45) is 4.70. The van der Waals surface area contributed by atoms with Crippen LogP contribution in [0.15, 0.2) is 203 Å². The minimum atomic E-state index is 0.883. The van der Waals surface area contributed by atoms with Gasteiger partial charge in [0.25, 0.3) is 0 Å². The fraction of sp³-hybridized carbons (Fsp3) is 0. The third-order valence-electron chi connectivity index (χ3n) is 15.6. The van der Waals surface area contributed by atoms with Gasteiger partial charge in [-0.15, -0.1) is 22.7 Å². The van der Waals surface area contributed by atoms with Crippen molar-refractivity contribution in [2.45, 2.75) is 0 Å². The van der Waals surface area contributed by atoms with Crippen LogP contribution < -0.4 is 0 Å². The number of nitrogens with zero attached hydrogens (tertiary/aromatic N) is 2. The maximum absolute atomic E-state index is 7.10. The first-order chi connectivity index (χ1) is 34.7. The summed E-state index contributed by atoms with van der Waals surface area (Å²) < 4.78 is 23.8. The second-order valence-corrected chi connectivity index (χ2v) is 21.3. The zero-order valence-corrected chi connectivity index (χ0v) is 38.6. The summed E-state index contributed by atoms with van der Waals surface area (Å²) in [5.74, 6) is 0. The predicted molar refractivity (Wildman–Crippen MR) is 299 cm³/mol. The van der Waals surface area contributed by atoms with Gasteiger partial charge in [0.1, 0.15) is 22.3 Å². The zero-order valence-electron chi connectivity index (χ0n) is 37.0. The van der Waals surface area contributed by atoms with E-state index in [1.165, 1.54) is 111 Å². The van der Waals surface area contributed by atoms with Gasteiger partial charge in [0.05, 0.1) is 32.8 Å². The maximum atomic E-state index is 7.10. The molecule has 0 saturated carbocycles. The normalized spacial score (nSPS) is 12.9. The highest BCUT2D eigenvalue weighted by atomic mass is 32.1. The number of fused-ring (bicyclic) bond motifs is 30. The fourth-order valence-electron chi connectivity index (χ4n) is 12.6. The molecule has 0 unspecified atom stereocenters. The van der Waals surface area contributed by atoms with E-state index < -0.39 is 0 Å². The molecule has 0 radical (unpaired) electrons. The largest absolute Gasteiger partial charge is 0.456 e. The third-order valence-corrected chi connectivity index (χ3v) is 17.9. The van der Waals surface area contributed by atoms with E-state index in [0.29, 0.717) is 0 Å². The minimum Gasteiger partial charge on any atom is -0.456 e. The lowest BCUT2D eigenvalue weighted by atomic mass is 9.94. The highest BCUT2D eigenvalue weighted by molar-refractivity contribution is 7.26. The van der Waals surface area contributed by atoms with Gasteiger partial charge in [-0.3, -0.25) is 0 Å². The number of thiophene rings is 2. The number of benzene rings is 10. The molecule has 0 amide bonds. The average Bonchev–Trinajstić information content (AvgIpc) is 4.26. The maximum Gasteiger partial charge on any atom is 0.145 e. The summed E-state index contributed by atoms with van der Waals surface area (Å²) in [7, 11) is 0. The lowest BCUT2D eigenvalue weighted by Crippen LogP contribution is -1.92. The number of hydrogen-bond acceptors (Lipinski definition) is 4. The van der Waals surface area contributed by atoms with E-state index in [9.17, 15) is 0 Å². The van der Waals surface area contributed by atoms with Gasteiger partial charge in [-0.1, -0.05) is 109 Å². The fourth-order valence-corrected chi connectivity index (χ4v) is 14.9. The number of pyridine rings is 2. The van der Waals surface area contributed by atoms with Gasteiger partial charge in [-0.05, 0) is 89.1 Å². The van der Waals surface area contributed by atoms with Crippen molar-refractivity contribution in [3.8, 4) is 11.1 Å². The van der Waals surface area contributed by atoms with Crippen molar-refractivity contribution in [2.24, 2.45) is 0 Å². The van der Waals surface area contributed by atoms with Crippen LogP contribution in [0.25, 0.3) is 171 Å². The monoisotopic (exact) mass is 924 g/mol. The van der Waals surface area contributed by atoms with Gasteiger partial charge in [-0.2, -0.15) is 0 Å². The molecule has 0 bridgehead atoms. The van der Waals surface area contributed by atoms with Crippen LogP contribution in [0, 0.1) is 0 Å². The van der Waals surface area contributed by atoms with Crippen LogP contribution in [0.3, 0.4) is 0 Å². The zero-order chi connectivity index (χ0) is 45.1. The molecule has 6 heteroatoms. The molecule has 322 valence electrons. The number of hydrogen-bond donors (Lipinski definition) is 0. The standard InChI is InChI=1S/C64H32N2O2S2/c1-2-12-36-34(11-1)31-65-60(36)48-28-47-39-14-6-10-20-55(39)69-56(47)29-45(48)49-26-43(64-59(63(49)65)42-16-4-8-18-52(42)68-64)33-21-22-37-35(25-33)32-66-61(37)50-30-57-46(38-13-5-9-19-54(38)70-57)27-44(50)40-23-24-53-58(62(40)66)41-15-3-7-17-51(41)67-53/h1-32H. The van der Waals surface area contributed by atoms with Crippen molar-refractivity contribution in [1.82, 2.24) is 8.80 Å². The smallest absolute Gasteiger partial charge is 0.145 e. The Morgan fingerprint density at radius 2 is 0.829 bits per heavy atom. The molecule has 8 heterocycles. The van der Waals surface area contributed by atoms with E-state index in [2.05, 4.69) is 203 Å². The Kier molecular flexibility index (Phi) is 6.59. The van der Waals surface area contributed by atoms with Crippen molar-refractivity contribution in [3.63, 3.8) is 0 Å². The van der Waals surface area contributed by atoms with Gasteiger partial charge in [0.2, 0.25) is 0 Å². The van der Waals surface area contributed by atoms with E-state index in [0.717, 1.165) is 60.5 Å². The molecular formula is C64H32N2O2S2. The lowest BCUT2D eigenvalue weighted by Gasteiger charge is -2.14. The molecule has 0 aliphatic rings. The quantitative estimate of drug-likeness (QED) is 0.154. The number of furan rings is 2. The van der Waals surface area contributed by atoms with Crippen molar-refractivity contribution in [1.29, 1.82) is 0 Å². The molecule has 0 aliphatic heterocycles. The molecular weight excluding hydrogens is 893 g/mol. The van der Waals surface area contributed by atoms with Gasteiger partial charge in [0, 0.05) is 112 Å². The first-order valence-electron chi connectivity index (χ1n) is 23.8. The highest BCUT2D eigenvalue weighted by Gasteiger charge is 2.25. The van der Waals surface area contributed by atoms with E-state index in [1.54, 1.807) is 0 Å². The number of para-hydroxylation sites is 2. The molecule has 18 rings (SSSR count). The molecule has 0 atom stereocenters. The van der Waals surface area contributed by atoms with Crippen LogP contribution in [0.1, 0.15) is 0 Å². The van der Waals surface area contributed by atoms with Crippen molar-refractivity contribution >= 4 is 183 Å². The SMILES string of the molecule is c1ccc2c(c1)cn1c2c2cc3c(cc2c2cc(-c4ccc5c(c4)cn4c5c5cc6sc7ccccc7c6cc5c5ccc6oc7ccccc7c6c54)c4oc5ccccc5c4c21)sc1ccccc13. The predicted octanol–water partition coefficient (Wildman–Crippen LogP) is 19.3. The van der Waals surface area contributed by atoms with Gasteiger partial charge < -0.3 is 17.6 Å². The van der Waals surface area contributed by atoms with Crippen LogP contribution in [0.5, 0.6) is 0 Å². The summed E-state index contributed by atoms with van der Waals surface area (Å²) >= 11 is 3.75. The van der Waals surface area contributed by atoms with Crippen molar-refractivity contribution < 1.29 is 8.83 Å². The summed E-state index contributed by atoms with van der Waals surface area (Å²) in [5, 5.41) is 22.0. The Hall–Kier alpha value is -8.68. The first-order valence-corrected chi connectivity index (χ1v) is 25.4. The van der Waals surface area contributed by atoms with Gasteiger partial charge >= 0.3 is 0 Å². The molecule has 8 aromatic heterocycles. The van der Waals surface area contributed by atoms with Crippen LogP contribution in [-0.2, 0) is 0 Å². The molecule has 0 fully saturated rings. The van der Waals surface area contributed by atoms with Crippen LogP contribution in [-0.4, -0.2) is 8.80 Å². The second-order valence-electron chi connectivity index (χ2n) is 19.1. The second kappa shape index (κ2) is 12.7. The molecule has 0 N–H and O–H groups in total. The van der Waals surface area contributed by atoms with Crippen molar-refractivity contribution in [3.05, 3.63) is 194 Å². The third kappa shape index (κ3) is 4.48. The Morgan fingerprint density at radius 1 is 0.300 bits per heavy atom. The summed E-state index contributed by atoms with van der Waals surface area (Å²) in [6, 6.07) is 67.3. The van der Waals surface area contributed by atoms with E-state index in [-0.39, 0.29) is 0 Å². The van der Waals surface area contributed by atoms with Crippen LogP contribution in [0.2, 0.25) is 0 Å².